The van der Waals surface area contributed by atoms with Crippen molar-refractivity contribution in [2.24, 2.45) is 5.92 Å². The highest BCUT2D eigenvalue weighted by Crippen LogP contribution is 2.32. The summed E-state index contributed by atoms with van der Waals surface area (Å²) in [6.45, 7) is 1.26. The van der Waals surface area contributed by atoms with Gasteiger partial charge in [0.2, 0.25) is 0 Å². The molecule has 0 amide bonds. The summed E-state index contributed by atoms with van der Waals surface area (Å²) < 4.78 is 27.4. The third-order valence-corrected chi connectivity index (χ3v) is 8.41. The van der Waals surface area contributed by atoms with Crippen molar-refractivity contribution in [2.45, 2.75) is 17.1 Å². The van der Waals surface area contributed by atoms with Gasteiger partial charge in [-0.15, -0.1) is 11.3 Å². The van der Waals surface area contributed by atoms with E-state index in [9.17, 15) is 8.42 Å². The molecule has 0 unspecified atom stereocenters. The Morgan fingerprint density at radius 3 is 2.53 bits per heavy atom. The van der Waals surface area contributed by atoms with E-state index < -0.39 is 10.0 Å². The molecule has 0 aromatic carbocycles. The number of nitrogens with zero attached hydrogens (tertiary/aromatic N) is 1. The summed E-state index contributed by atoms with van der Waals surface area (Å²) in [6, 6.07) is 1.78. The first-order chi connectivity index (χ1) is 8.05. The maximum atomic E-state index is 12.4. The lowest BCUT2D eigenvalue weighted by Gasteiger charge is -2.29. The average molecular weight is 403 g/mol. The maximum absolute atomic E-state index is 12.4. The number of thiophene rings is 1. The maximum Gasteiger partial charge on any atom is 0.253 e. The van der Waals surface area contributed by atoms with Gasteiger partial charge in [-0.3, -0.25) is 0 Å². The SMILES string of the molecule is O=S(=O)(c1sccc1Br)N1CCC(CBr)CC1. The van der Waals surface area contributed by atoms with Crippen molar-refractivity contribution in [1.29, 1.82) is 0 Å². The van der Waals surface area contributed by atoms with Gasteiger partial charge in [0.05, 0.1) is 0 Å². The Hall–Kier alpha value is 0.570. The molecule has 7 heteroatoms. The van der Waals surface area contributed by atoms with E-state index in [4.69, 9.17) is 0 Å². The van der Waals surface area contributed by atoms with Gasteiger partial charge >= 0.3 is 0 Å². The van der Waals surface area contributed by atoms with E-state index in [0.717, 1.165) is 18.2 Å². The lowest BCUT2D eigenvalue weighted by atomic mass is 10.0. The van der Waals surface area contributed by atoms with E-state index in [1.165, 1.54) is 11.3 Å². The van der Waals surface area contributed by atoms with E-state index in [-0.39, 0.29) is 0 Å². The molecule has 1 aliphatic rings. The molecule has 0 aliphatic carbocycles. The molecule has 2 rings (SSSR count). The van der Waals surface area contributed by atoms with Crippen LogP contribution in [0.1, 0.15) is 12.8 Å². The third-order valence-electron chi connectivity index (χ3n) is 2.95. The van der Waals surface area contributed by atoms with Gasteiger partial charge in [-0.05, 0) is 46.1 Å². The molecule has 0 N–H and O–H groups in total. The Bertz CT molecular complexity index is 478. The normalized spacial score (nSPS) is 19.6. The second-order valence-electron chi connectivity index (χ2n) is 4.06. The molecule has 2 heterocycles. The van der Waals surface area contributed by atoms with Crippen LogP contribution in [0.2, 0.25) is 0 Å². The Morgan fingerprint density at radius 2 is 2.06 bits per heavy atom. The molecule has 3 nitrogen and oxygen atoms in total. The van der Waals surface area contributed by atoms with Gasteiger partial charge in [-0.1, -0.05) is 15.9 Å². The first-order valence-electron chi connectivity index (χ1n) is 5.35. The molecular weight excluding hydrogens is 390 g/mol. The monoisotopic (exact) mass is 401 g/mol. The fraction of sp³-hybridized carbons (Fsp3) is 0.600. The molecule has 0 radical (unpaired) electrons. The van der Waals surface area contributed by atoms with Crippen molar-refractivity contribution in [2.75, 3.05) is 18.4 Å². The lowest BCUT2D eigenvalue weighted by molar-refractivity contribution is 0.292. The minimum Gasteiger partial charge on any atom is -0.206 e. The van der Waals surface area contributed by atoms with Crippen molar-refractivity contribution in [3.63, 3.8) is 0 Å². The minimum absolute atomic E-state index is 0.426. The topological polar surface area (TPSA) is 37.4 Å². The first-order valence-corrected chi connectivity index (χ1v) is 9.58. The second-order valence-corrected chi connectivity index (χ2v) is 8.61. The molecule has 1 aromatic rings. The van der Waals surface area contributed by atoms with E-state index in [2.05, 4.69) is 31.9 Å². The van der Waals surface area contributed by atoms with Gasteiger partial charge in [0.25, 0.3) is 10.0 Å². The van der Waals surface area contributed by atoms with Gasteiger partial charge in [-0.25, -0.2) is 8.42 Å². The quantitative estimate of drug-likeness (QED) is 0.727. The Kier molecular flexibility index (Phi) is 4.68. The number of hydrogen-bond donors (Lipinski definition) is 0. The van der Waals surface area contributed by atoms with E-state index in [0.29, 0.717) is 27.7 Å². The van der Waals surface area contributed by atoms with Gasteiger partial charge in [0.15, 0.2) is 0 Å². The summed E-state index contributed by atoms with van der Waals surface area (Å²) in [4.78, 5) is 0. The molecule has 17 heavy (non-hydrogen) atoms. The van der Waals surface area contributed by atoms with Crippen LogP contribution in [-0.4, -0.2) is 31.1 Å². The summed E-state index contributed by atoms with van der Waals surface area (Å²) in [6.07, 6.45) is 1.88. The highest BCUT2D eigenvalue weighted by molar-refractivity contribution is 9.10. The van der Waals surface area contributed by atoms with Crippen LogP contribution in [0.4, 0.5) is 0 Å². The van der Waals surface area contributed by atoms with Crippen molar-refractivity contribution < 1.29 is 8.42 Å². The molecule has 1 fully saturated rings. The fourth-order valence-corrected chi connectivity index (χ4v) is 6.45. The highest BCUT2D eigenvalue weighted by Gasteiger charge is 2.31. The summed E-state index contributed by atoms with van der Waals surface area (Å²) >= 11 is 8.02. The van der Waals surface area contributed by atoms with Crippen LogP contribution in [0.5, 0.6) is 0 Å². The van der Waals surface area contributed by atoms with Gasteiger partial charge < -0.3 is 0 Å². The van der Waals surface area contributed by atoms with Crippen LogP contribution in [0, 0.1) is 5.92 Å². The molecule has 0 spiro atoms. The Morgan fingerprint density at radius 1 is 1.41 bits per heavy atom. The fourth-order valence-electron chi connectivity index (χ4n) is 1.89. The minimum atomic E-state index is -3.29. The molecule has 1 saturated heterocycles. The molecular formula is C10H13Br2NO2S2. The summed E-state index contributed by atoms with van der Waals surface area (Å²) in [5.74, 6) is 0.605. The van der Waals surface area contributed by atoms with Crippen molar-refractivity contribution in [3.8, 4) is 0 Å². The molecule has 96 valence electrons. The first kappa shape index (κ1) is 14.0. The zero-order valence-electron chi connectivity index (χ0n) is 9.10. The van der Waals surface area contributed by atoms with Crippen molar-refractivity contribution in [3.05, 3.63) is 15.9 Å². The number of sulfonamides is 1. The van der Waals surface area contributed by atoms with Crippen LogP contribution in [0.3, 0.4) is 0 Å². The van der Waals surface area contributed by atoms with E-state index in [1.807, 2.05) is 0 Å². The highest BCUT2D eigenvalue weighted by atomic mass is 79.9. The van der Waals surface area contributed by atoms with Gasteiger partial charge in [0, 0.05) is 22.9 Å². The van der Waals surface area contributed by atoms with E-state index >= 15 is 0 Å². The van der Waals surface area contributed by atoms with Gasteiger partial charge in [-0.2, -0.15) is 4.31 Å². The van der Waals surface area contributed by atoms with Crippen LogP contribution in [0.15, 0.2) is 20.1 Å². The number of halogens is 2. The molecule has 1 aliphatic heterocycles. The number of piperidine rings is 1. The van der Waals surface area contributed by atoms with Crippen molar-refractivity contribution >= 4 is 53.2 Å². The summed E-state index contributed by atoms with van der Waals surface area (Å²) in [7, 11) is -3.29. The summed E-state index contributed by atoms with van der Waals surface area (Å²) in [5, 5.41) is 2.76. The Balaban J connectivity index is 2.16. The third kappa shape index (κ3) is 2.94. The predicted molar refractivity (Wildman–Crippen MR) is 77.3 cm³/mol. The largest absolute Gasteiger partial charge is 0.253 e. The van der Waals surface area contributed by atoms with Crippen LogP contribution < -0.4 is 0 Å². The Labute approximate surface area is 123 Å². The second kappa shape index (κ2) is 5.69. The smallest absolute Gasteiger partial charge is 0.206 e. The van der Waals surface area contributed by atoms with Crippen LogP contribution >= 0.6 is 43.2 Å². The zero-order valence-corrected chi connectivity index (χ0v) is 13.9. The number of hydrogen-bond acceptors (Lipinski definition) is 3. The van der Waals surface area contributed by atoms with Gasteiger partial charge in [0.1, 0.15) is 4.21 Å². The standard InChI is InChI=1S/C10H13Br2NO2S2/c11-7-8-1-4-13(5-2-8)17(14,15)10-9(12)3-6-16-10/h3,6,8H,1-2,4-5,7H2. The molecule has 0 saturated carbocycles. The molecule has 0 bridgehead atoms. The molecule has 1 aromatic heterocycles. The van der Waals surface area contributed by atoms with Crippen LogP contribution in [0.25, 0.3) is 0 Å². The lowest BCUT2D eigenvalue weighted by Crippen LogP contribution is -2.38. The number of rotatable bonds is 3. The van der Waals surface area contributed by atoms with Crippen molar-refractivity contribution in [1.82, 2.24) is 4.31 Å². The zero-order chi connectivity index (χ0) is 12.5. The van der Waals surface area contributed by atoms with Crippen LogP contribution in [-0.2, 0) is 10.0 Å². The number of alkyl halides is 1. The molecule has 0 atom stereocenters. The predicted octanol–water partition coefficient (Wildman–Crippen LogP) is 3.31. The average Bonchev–Trinajstić information content (AvgIpc) is 2.76. The summed E-state index contributed by atoms with van der Waals surface area (Å²) in [5.41, 5.74) is 0. The van der Waals surface area contributed by atoms with E-state index in [1.54, 1.807) is 15.8 Å².